The van der Waals surface area contributed by atoms with Crippen molar-refractivity contribution in [2.24, 2.45) is 0 Å². The summed E-state index contributed by atoms with van der Waals surface area (Å²) in [6, 6.07) is 9.66. The Morgan fingerprint density at radius 2 is 1.96 bits per heavy atom. The molecule has 2 aromatic rings. The minimum atomic E-state index is 0.0891. The number of thiocarbonyl (C=S) groups is 1. The van der Waals surface area contributed by atoms with Gasteiger partial charge in [0.05, 0.1) is 13.2 Å². The van der Waals surface area contributed by atoms with Gasteiger partial charge in [-0.3, -0.25) is 0 Å². The fourth-order valence-corrected chi connectivity index (χ4v) is 2.58. The maximum absolute atomic E-state index is 5.45. The molecule has 8 heteroatoms. The van der Waals surface area contributed by atoms with Crippen molar-refractivity contribution in [3.05, 3.63) is 36.0 Å². The summed E-state index contributed by atoms with van der Waals surface area (Å²) in [5.74, 6) is 1.94. The van der Waals surface area contributed by atoms with Crippen molar-refractivity contribution in [3.63, 3.8) is 0 Å². The van der Waals surface area contributed by atoms with Crippen LogP contribution in [0.5, 0.6) is 5.75 Å². The Bertz CT molecular complexity index is 724. The van der Waals surface area contributed by atoms with Crippen LogP contribution in [0.1, 0.15) is 19.5 Å². The van der Waals surface area contributed by atoms with Crippen LogP contribution in [0.3, 0.4) is 0 Å². The lowest BCUT2D eigenvalue weighted by Gasteiger charge is -2.16. The van der Waals surface area contributed by atoms with E-state index in [4.69, 9.17) is 21.7 Å². The van der Waals surface area contributed by atoms with Gasteiger partial charge in [0.2, 0.25) is 5.95 Å². The zero-order valence-electron chi connectivity index (χ0n) is 15.5. The number of ether oxygens (including phenoxy) is 2. The average molecular weight is 375 g/mol. The largest absolute Gasteiger partial charge is 0.494 e. The highest BCUT2D eigenvalue weighted by Gasteiger charge is 2.07. The van der Waals surface area contributed by atoms with Crippen LogP contribution < -0.4 is 20.7 Å². The summed E-state index contributed by atoms with van der Waals surface area (Å²) in [5.41, 5.74) is 1.73. The third kappa shape index (κ3) is 6.45. The molecular weight excluding hydrogens is 350 g/mol. The van der Waals surface area contributed by atoms with E-state index in [0.717, 1.165) is 17.1 Å². The Balaban J connectivity index is 2.03. The van der Waals surface area contributed by atoms with E-state index >= 15 is 0 Å². The lowest BCUT2D eigenvalue weighted by molar-refractivity contribution is 0.179. The number of nitrogens with one attached hydrogen (secondary N) is 3. The molecule has 1 aromatic heterocycles. The lowest BCUT2D eigenvalue weighted by atomic mass is 10.3. The van der Waals surface area contributed by atoms with Crippen molar-refractivity contribution in [3.8, 4) is 5.75 Å². The quantitative estimate of drug-likeness (QED) is 0.607. The van der Waals surface area contributed by atoms with Crippen molar-refractivity contribution in [1.29, 1.82) is 0 Å². The summed E-state index contributed by atoms with van der Waals surface area (Å²) in [6.07, 6.45) is 0. The molecule has 1 heterocycles. The number of hydrogen-bond donors (Lipinski definition) is 3. The Kier molecular flexibility index (Phi) is 7.55. The second-order valence-electron chi connectivity index (χ2n) is 5.76. The third-order valence-electron chi connectivity index (χ3n) is 3.31. The number of benzene rings is 1. The highest BCUT2D eigenvalue weighted by atomic mass is 32.1. The molecule has 1 atom stereocenters. The fraction of sp³-hybridized carbons (Fsp3) is 0.389. The second kappa shape index (κ2) is 9.88. The van der Waals surface area contributed by atoms with Gasteiger partial charge in [-0.1, -0.05) is 0 Å². The Morgan fingerprint density at radius 3 is 2.62 bits per heavy atom. The van der Waals surface area contributed by atoms with E-state index in [-0.39, 0.29) is 6.04 Å². The Labute approximate surface area is 159 Å². The number of rotatable bonds is 8. The minimum absolute atomic E-state index is 0.0891. The maximum atomic E-state index is 5.45. The summed E-state index contributed by atoms with van der Waals surface area (Å²) in [5, 5.41) is 9.83. The zero-order valence-corrected chi connectivity index (χ0v) is 16.3. The first kappa shape index (κ1) is 19.9. The molecule has 3 N–H and O–H groups in total. The molecule has 7 nitrogen and oxygen atoms in total. The summed E-state index contributed by atoms with van der Waals surface area (Å²) in [7, 11) is 1.65. The molecule has 0 aliphatic rings. The number of aryl methyl sites for hydroxylation is 1. The maximum Gasteiger partial charge on any atom is 0.231 e. The zero-order chi connectivity index (χ0) is 18.9. The summed E-state index contributed by atoms with van der Waals surface area (Å²) in [4.78, 5) is 8.82. The van der Waals surface area contributed by atoms with Crippen molar-refractivity contribution in [1.82, 2.24) is 15.3 Å². The molecule has 26 heavy (non-hydrogen) atoms. The van der Waals surface area contributed by atoms with Gasteiger partial charge in [-0.2, -0.15) is 4.98 Å². The van der Waals surface area contributed by atoms with E-state index in [0.29, 0.717) is 30.1 Å². The van der Waals surface area contributed by atoms with Gasteiger partial charge in [0, 0.05) is 30.6 Å². The van der Waals surface area contributed by atoms with Crippen LogP contribution in [0.25, 0.3) is 0 Å². The molecule has 0 saturated carbocycles. The normalized spacial score (nSPS) is 11.5. The first-order valence-corrected chi connectivity index (χ1v) is 8.83. The van der Waals surface area contributed by atoms with Crippen molar-refractivity contribution >= 4 is 34.8 Å². The van der Waals surface area contributed by atoms with E-state index in [1.807, 2.05) is 51.1 Å². The molecule has 140 valence electrons. The van der Waals surface area contributed by atoms with Crippen LogP contribution >= 0.6 is 12.2 Å². The first-order chi connectivity index (χ1) is 12.5. The highest BCUT2D eigenvalue weighted by molar-refractivity contribution is 7.80. The number of anilines is 3. The number of methoxy groups -OCH3 is 1. The average Bonchev–Trinajstić information content (AvgIpc) is 2.56. The van der Waals surface area contributed by atoms with Gasteiger partial charge in [-0.05, 0) is 57.3 Å². The number of nitrogens with zero attached hydrogens (tertiary/aromatic N) is 2. The predicted octanol–water partition coefficient (Wildman–Crippen LogP) is 3.25. The molecule has 0 aliphatic carbocycles. The van der Waals surface area contributed by atoms with Gasteiger partial charge < -0.3 is 25.4 Å². The summed E-state index contributed by atoms with van der Waals surface area (Å²) < 4.78 is 10.5. The number of aromatic nitrogens is 2. The molecule has 0 spiro atoms. The lowest BCUT2D eigenvalue weighted by Crippen LogP contribution is -2.38. The second-order valence-corrected chi connectivity index (χ2v) is 6.16. The summed E-state index contributed by atoms with van der Waals surface area (Å²) in [6.45, 7) is 7.04. The van der Waals surface area contributed by atoms with E-state index in [1.165, 1.54) is 0 Å². The van der Waals surface area contributed by atoms with E-state index in [9.17, 15) is 0 Å². The smallest absolute Gasteiger partial charge is 0.231 e. The molecule has 0 amide bonds. The minimum Gasteiger partial charge on any atom is -0.494 e. The Morgan fingerprint density at radius 1 is 1.23 bits per heavy atom. The molecule has 1 aromatic carbocycles. The standard InChI is InChI=1S/C18H25N5O2S/c1-5-25-15-8-6-14(7-9-15)21-16-10-12(2)19-17(22-16)23-18(26)20-13(3)11-24-4/h6-10,13H,5,11H2,1-4H3,(H3,19,20,21,22,23,26)/t13-/m1/s1. The third-order valence-corrected chi connectivity index (χ3v) is 3.53. The molecule has 0 saturated heterocycles. The van der Waals surface area contributed by atoms with Crippen molar-refractivity contribution in [2.75, 3.05) is 31.0 Å². The molecule has 0 aliphatic heterocycles. The molecular formula is C18H25N5O2S. The predicted molar refractivity (Wildman–Crippen MR) is 108 cm³/mol. The van der Waals surface area contributed by atoms with Crippen LogP contribution in [0.4, 0.5) is 17.5 Å². The van der Waals surface area contributed by atoms with Crippen molar-refractivity contribution in [2.45, 2.75) is 26.8 Å². The summed E-state index contributed by atoms with van der Waals surface area (Å²) >= 11 is 5.29. The molecule has 0 radical (unpaired) electrons. The first-order valence-electron chi connectivity index (χ1n) is 8.42. The fourth-order valence-electron chi connectivity index (χ4n) is 2.29. The van der Waals surface area contributed by atoms with Gasteiger partial charge in [0.15, 0.2) is 5.11 Å². The van der Waals surface area contributed by atoms with Gasteiger partial charge in [-0.25, -0.2) is 4.98 Å². The molecule has 2 rings (SSSR count). The van der Waals surface area contributed by atoms with E-state index in [1.54, 1.807) is 7.11 Å². The SMILES string of the molecule is CCOc1ccc(Nc2cc(C)nc(NC(=S)N[C@H](C)COC)n2)cc1. The Hall–Kier alpha value is -2.45. The molecule has 0 fully saturated rings. The van der Waals surface area contributed by atoms with Crippen molar-refractivity contribution < 1.29 is 9.47 Å². The topological polar surface area (TPSA) is 80.3 Å². The highest BCUT2D eigenvalue weighted by Crippen LogP contribution is 2.20. The van der Waals surface area contributed by atoms with Crippen LogP contribution in [0.2, 0.25) is 0 Å². The van der Waals surface area contributed by atoms with Crippen LogP contribution in [-0.2, 0) is 4.74 Å². The molecule has 0 bridgehead atoms. The monoisotopic (exact) mass is 375 g/mol. The van der Waals surface area contributed by atoms with E-state index in [2.05, 4.69) is 25.9 Å². The van der Waals surface area contributed by atoms with Gasteiger partial charge in [0.25, 0.3) is 0 Å². The van der Waals surface area contributed by atoms with Gasteiger partial charge in [0.1, 0.15) is 11.6 Å². The van der Waals surface area contributed by atoms with Gasteiger partial charge >= 0.3 is 0 Å². The van der Waals surface area contributed by atoms with Crippen LogP contribution in [-0.4, -0.2) is 41.4 Å². The van der Waals surface area contributed by atoms with Crippen LogP contribution in [0.15, 0.2) is 30.3 Å². The van der Waals surface area contributed by atoms with Gasteiger partial charge in [-0.15, -0.1) is 0 Å². The molecule has 0 unspecified atom stereocenters. The van der Waals surface area contributed by atoms with E-state index < -0.39 is 0 Å². The van der Waals surface area contributed by atoms with Crippen LogP contribution in [0, 0.1) is 6.92 Å². The number of hydrogen-bond acceptors (Lipinski definition) is 6.